The lowest BCUT2D eigenvalue weighted by atomic mass is 10.0. The molecule has 0 radical (unpaired) electrons. The molecule has 0 bridgehead atoms. The fourth-order valence-corrected chi connectivity index (χ4v) is 4.52. The smallest absolute Gasteiger partial charge is 0.251 e. The number of amides is 5. The van der Waals surface area contributed by atoms with Gasteiger partial charge >= 0.3 is 0 Å². The molecule has 0 fully saturated rings. The number of hydrogen-bond donors (Lipinski definition) is 7. The third-order valence-electron chi connectivity index (χ3n) is 6.91. The zero-order valence-corrected chi connectivity index (χ0v) is 25.9. The molecule has 0 aromatic heterocycles. The second-order valence-electron chi connectivity index (χ2n) is 11.2. The maximum absolute atomic E-state index is 13.5. The molecule has 0 heterocycles. The Bertz CT molecular complexity index is 1460. The van der Waals surface area contributed by atoms with Crippen molar-refractivity contribution in [1.29, 1.82) is 0 Å². The van der Waals surface area contributed by atoms with Gasteiger partial charge in [0.1, 0.15) is 23.6 Å². The maximum atomic E-state index is 13.5. The van der Waals surface area contributed by atoms with Gasteiger partial charge in [-0.1, -0.05) is 56.3 Å². The summed E-state index contributed by atoms with van der Waals surface area (Å²) >= 11 is 0. The van der Waals surface area contributed by atoms with E-state index in [4.69, 9.17) is 0 Å². The molecule has 0 aliphatic rings. The Morgan fingerprint density at radius 1 is 0.630 bits per heavy atom. The van der Waals surface area contributed by atoms with Gasteiger partial charge in [-0.05, 0) is 66.3 Å². The van der Waals surface area contributed by atoms with Crippen molar-refractivity contribution in [2.75, 3.05) is 19.6 Å². The third-order valence-corrected chi connectivity index (χ3v) is 6.91. The molecule has 2 atom stereocenters. The molecule has 46 heavy (non-hydrogen) atoms. The number of hydrogen-bond acceptors (Lipinski definition) is 7. The van der Waals surface area contributed by atoms with Gasteiger partial charge < -0.3 is 36.8 Å². The Labute approximate surface area is 268 Å². The van der Waals surface area contributed by atoms with E-state index in [1.807, 2.05) is 19.9 Å². The van der Waals surface area contributed by atoms with Gasteiger partial charge in [-0.15, -0.1) is 0 Å². The van der Waals surface area contributed by atoms with Crippen molar-refractivity contribution in [1.82, 2.24) is 26.6 Å². The van der Waals surface area contributed by atoms with Crippen LogP contribution in [0.25, 0.3) is 0 Å². The molecule has 0 saturated carbocycles. The monoisotopic (exact) mass is 631 g/mol. The van der Waals surface area contributed by atoms with Gasteiger partial charge in [0, 0.05) is 18.5 Å². The Morgan fingerprint density at radius 3 is 1.87 bits per heavy atom. The number of carbonyl (C=O) groups is 5. The van der Waals surface area contributed by atoms with Crippen LogP contribution >= 0.6 is 0 Å². The molecule has 5 amide bonds. The second kappa shape index (κ2) is 17.8. The van der Waals surface area contributed by atoms with Gasteiger partial charge in [0.05, 0.1) is 13.1 Å². The van der Waals surface area contributed by atoms with Gasteiger partial charge in [0.2, 0.25) is 23.6 Å². The van der Waals surface area contributed by atoms with Crippen molar-refractivity contribution in [2.24, 2.45) is 5.92 Å². The normalized spacial score (nSPS) is 12.0. The van der Waals surface area contributed by atoms with Crippen LogP contribution in [0.5, 0.6) is 11.5 Å². The number of benzene rings is 3. The molecule has 12 nitrogen and oxygen atoms in total. The number of carbonyl (C=O) groups excluding carboxylic acids is 5. The van der Waals surface area contributed by atoms with Crippen molar-refractivity contribution in [3.63, 3.8) is 0 Å². The lowest BCUT2D eigenvalue weighted by Gasteiger charge is -2.24. The molecule has 3 aromatic rings. The first-order chi connectivity index (χ1) is 22.0. The molecule has 0 aliphatic heterocycles. The van der Waals surface area contributed by atoms with Crippen LogP contribution in [0, 0.1) is 5.92 Å². The van der Waals surface area contributed by atoms with Crippen LogP contribution in [0.15, 0.2) is 78.9 Å². The Kier molecular flexibility index (Phi) is 13.6. The first kappa shape index (κ1) is 35.1. The highest BCUT2D eigenvalue weighted by Crippen LogP contribution is 2.11. The number of phenols is 2. The van der Waals surface area contributed by atoms with Gasteiger partial charge in [0.15, 0.2) is 0 Å². The summed E-state index contributed by atoms with van der Waals surface area (Å²) in [6.07, 6.45) is 0.958. The van der Waals surface area contributed by atoms with E-state index in [0.29, 0.717) is 13.0 Å². The SMILES string of the molecule is CC(C)C[C@H](NC(=O)[C@H](Cc1ccccc1)NC(=O)CNC(=O)c1ccc(O)cc1)C(=O)NCC(=O)NCCc1ccc(O)cc1. The largest absolute Gasteiger partial charge is 0.508 e. The quantitative estimate of drug-likeness (QED) is 0.125. The van der Waals surface area contributed by atoms with Crippen molar-refractivity contribution < 1.29 is 34.2 Å². The van der Waals surface area contributed by atoms with Crippen LogP contribution in [0.4, 0.5) is 0 Å². The summed E-state index contributed by atoms with van der Waals surface area (Å²) in [5.74, 6) is -2.50. The molecule has 12 heteroatoms. The van der Waals surface area contributed by atoms with Crippen LogP contribution in [0.1, 0.15) is 41.8 Å². The van der Waals surface area contributed by atoms with E-state index in [1.165, 1.54) is 24.3 Å². The molecule has 0 aliphatic carbocycles. The van der Waals surface area contributed by atoms with Gasteiger partial charge in [-0.3, -0.25) is 24.0 Å². The fourth-order valence-electron chi connectivity index (χ4n) is 4.52. The molecular weight excluding hydrogens is 590 g/mol. The third kappa shape index (κ3) is 12.3. The summed E-state index contributed by atoms with van der Waals surface area (Å²) in [7, 11) is 0. The number of phenolic OH excluding ortho intramolecular Hbond substituents is 2. The molecule has 0 unspecified atom stereocenters. The topological polar surface area (TPSA) is 186 Å². The maximum Gasteiger partial charge on any atom is 0.251 e. The van der Waals surface area contributed by atoms with E-state index in [1.54, 1.807) is 48.5 Å². The summed E-state index contributed by atoms with van der Waals surface area (Å²) in [4.78, 5) is 64.2. The van der Waals surface area contributed by atoms with Crippen molar-refractivity contribution in [2.45, 2.75) is 45.2 Å². The lowest BCUT2D eigenvalue weighted by molar-refractivity contribution is -0.132. The zero-order chi connectivity index (χ0) is 33.5. The van der Waals surface area contributed by atoms with E-state index in [0.717, 1.165) is 11.1 Å². The summed E-state index contributed by atoms with van der Waals surface area (Å²) < 4.78 is 0. The zero-order valence-electron chi connectivity index (χ0n) is 25.9. The lowest BCUT2D eigenvalue weighted by Crippen LogP contribution is -2.56. The van der Waals surface area contributed by atoms with E-state index in [9.17, 15) is 34.2 Å². The molecule has 3 rings (SSSR count). The number of nitrogens with one attached hydrogen (secondary N) is 5. The molecule has 3 aromatic carbocycles. The first-order valence-electron chi connectivity index (χ1n) is 15.0. The summed E-state index contributed by atoms with van der Waals surface area (Å²) in [6, 6.07) is 19.2. The molecule has 7 N–H and O–H groups in total. The minimum Gasteiger partial charge on any atom is -0.508 e. The van der Waals surface area contributed by atoms with Gasteiger partial charge in [-0.2, -0.15) is 0 Å². The van der Waals surface area contributed by atoms with E-state index in [2.05, 4.69) is 26.6 Å². The fraction of sp³-hybridized carbons (Fsp3) is 0.324. The molecule has 244 valence electrons. The highest BCUT2D eigenvalue weighted by Gasteiger charge is 2.28. The Morgan fingerprint density at radius 2 is 1.24 bits per heavy atom. The minimum atomic E-state index is -1.06. The van der Waals surface area contributed by atoms with Crippen LogP contribution < -0.4 is 26.6 Å². The second-order valence-corrected chi connectivity index (χ2v) is 11.2. The number of aromatic hydroxyl groups is 2. The summed E-state index contributed by atoms with van der Waals surface area (Å²) in [6.45, 7) is 3.42. The van der Waals surface area contributed by atoms with Crippen LogP contribution in [0.3, 0.4) is 0 Å². The Balaban J connectivity index is 1.58. The first-order valence-corrected chi connectivity index (χ1v) is 15.0. The van der Waals surface area contributed by atoms with Crippen molar-refractivity contribution in [3.8, 4) is 11.5 Å². The van der Waals surface area contributed by atoms with Crippen LogP contribution in [-0.4, -0.2) is 71.5 Å². The molecule has 0 spiro atoms. The van der Waals surface area contributed by atoms with Crippen molar-refractivity contribution in [3.05, 3.63) is 95.6 Å². The Hall–Kier alpha value is -5.39. The van der Waals surface area contributed by atoms with E-state index in [-0.39, 0.29) is 42.4 Å². The number of rotatable bonds is 16. The summed E-state index contributed by atoms with van der Waals surface area (Å²) in [5.41, 5.74) is 1.95. The van der Waals surface area contributed by atoms with Gasteiger partial charge in [0.25, 0.3) is 5.91 Å². The average Bonchev–Trinajstić information content (AvgIpc) is 3.03. The summed E-state index contributed by atoms with van der Waals surface area (Å²) in [5, 5.41) is 32.0. The average molecular weight is 632 g/mol. The standard InChI is InChI=1S/C34H41N5O7/c1-22(2)18-28(33(45)37-20-30(42)35-17-16-23-8-12-26(40)13-9-23)39-34(46)29(19-24-6-4-3-5-7-24)38-31(43)21-36-32(44)25-10-14-27(41)15-11-25/h3-15,22,28-29,40-41H,16-21H2,1-2H3,(H,35,42)(H,36,44)(H,37,45)(H,38,43)(H,39,46)/t28-,29-/m0/s1. The molecular formula is C34H41N5O7. The predicted molar refractivity (Wildman–Crippen MR) is 172 cm³/mol. The highest BCUT2D eigenvalue weighted by atomic mass is 16.3. The highest BCUT2D eigenvalue weighted by molar-refractivity contribution is 5.97. The minimum absolute atomic E-state index is 0.00116. The van der Waals surface area contributed by atoms with Gasteiger partial charge in [-0.25, -0.2) is 0 Å². The van der Waals surface area contributed by atoms with Crippen molar-refractivity contribution >= 4 is 29.5 Å². The van der Waals surface area contributed by atoms with E-state index < -0.39 is 48.2 Å². The molecule has 0 saturated heterocycles. The van der Waals surface area contributed by atoms with E-state index >= 15 is 0 Å². The van der Waals surface area contributed by atoms with Crippen LogP contribution in [-0.2, 0) is 32.0 Å². The van der Waals surface area contributed by atoms with Crippen LogP contribution in [0.2, 0.25) is 0 Å². The predicted octanol–water partition coefficient (Wildman–Crippen LogP) is 1.56.